The molecule has 3 N–H and O–H groups in total. The molecule has 0 fully saturated rings. The zero-order valence-electron chi connectivity index (χ0n) is 13.5. The lowest BCUT2D eigenvalue weighted by Gasteiger charge is -2.11. The normalized spacial score (nSPS) is 10.6. The molecule has 7 heteroatoms. The molecule has 3 rings (SSSR count). The summed E-state index contributed by atoms with van der Waals surface area (Å²) in [6, 6.07) is 8.47. The first kappa shape index (κ1) is 15.7. The van der Waals surface area contributed by atoms with Crippen LogP contribution in [0.2, 0.25) is 0 Å². The van der Waals surface area contributed by atoms with Gasteiger partial charge in [-0.05, 0) is 36.8 Å². The number of nitrogens with one attached hydrogen (secondary N) is 3. The number of aryl methyl sites for hydroxylation is 1. The highest BCUT2D eigenvalue weighted by molar-refractivity contribution is 6.06. The lowest BCUT2D eigenvalue weighted by molar-refractivity contribution is 0.102. The molecule has 1 aromatic heterocycles. The van der Waals surface area contributed by atoms with E-state index in [1.807, 2.05) is 6.92 Å². The number of imidazole rings is 1. The number of anilines is 1. The van der Waals surface area contributed by atoms with E-state index in [9.17, 15) is 9.59 Å². The van der Waals surface area contributed by atoms with Crippen molar-refractivity contribution in [2.75, 3.05) is 19.5 Å². The Kier molecular flexibility index (Phi) is 3.99. The van der Waals surface area contributed by atoms with Crippen LogP contribution in [0.4, 0.5) is 5.69 Å². The first-order valence-corrected chi connectivity index (χ1v) is 7.27. The van der Waals surface area contributed by atoms with Gasteiger partial charge in [0.25, 0.3) is 5.91 Å². The number of carbonyl (C=O) groups excluding carboxylic acids is 1. The van der Waals surface area contributed by atoms with Crippen molar-refractivity contribution in [3.8, 4) is 11.5 Å². The number of carbonyl (C=O) groups is 1. The molecular weight excluding hydrogens is 310 g/mol. The van der Waals surface area contributed by atoms with Gasteiger partial charge in [-0.2, -0.15) is 0 Å². The SMILES string of the molecule is COc1cc(OC)cc(C(=O)Nc2cc3[nH]c(=O)[nH]c3cc2C)c1. The summed E-state index contributed by atoms with van der Waals surface area (Å²) >= 11 is 0. The van der Waals surface area contributed by atoms with Crippen LogP contribution in [-0.2, 0) is 0 Å². The van der Waals surface area contributed by atoms with Crippen LogP contribution < -0.4 is 20.5 Å². The number of amides is 1. The zero-order chi connectivity index (χ0) is 17.3. The quantitative estimate of drug-likeness (QED) is 0.686. The molecule has 7 nitrogen and oxygen atoms in total. The Morgan fingerprint density at radius 1 is 0.958 bits per heavy atom. The summed E-state index contributed by atoms with van der Waals surface area (Å²) in [6.45, 7) is 1.85. The molecule has 0 saturated carbocycles. The number of methoxy groups -OCH3 is 2. The van der Waals surface area contributed by atoms with Crippen LogP contribution in [0.1, 0.15) is 15.9 Å². The lowest BCUT2D eigenvalue weighted by Crippen LogP contribution is -2.13. The van der Waals surface area contributed by atoms with Gasteiger partial charge in [0.05, 0.1) is 25.3 Å². The van der Waals surface area contributed by atoms with Crippen molar-refractivity contribution < 1.29 is 14.3 Å². The maximum atomic E-state index is 12.5. The molecule has 0 unspecified atom stereocenters. The molecule has 124 valence electrons. The number of hydrogen-bond acceptors (Lipinski definition) is 4. The Hall–Kier alpha value is -3.22. The van der Waals surface area contributed by atoms with Crippen LogP contribution in [-0.4, -0.2) is 30.1 Å². The van der Waals surface area contributed by atoms with Gasteiger partial charge in [0.15, 0.2) is 0 Å². The molecule has 1 amide bonds. The minimum atomic E-state index is -0.299. The van der Waals surface area contributed by atoms with Gasteiger partial charge in [0.2, 0.25) is 0 Å². The van der Waals surface area contributed by atoms with Gasteiger partial charge in [-0.25, -0.2) is 4.79 Å². The third-order valence-electron chi connectivity index (χ3n) is 3.72. The molecule has 0 radical (unpaired) electrons. The standard InChI is InChI=1S/C17H17N3O4/c1-9-4-14-15(20-17(22)19-14)8-13(9)18-16(21)10-5-11(23-2)7-12(6-10)24-3/h4-8H,1-3H3,(H,18,21)(H2,19,20,22). The molecular formula is C17H17N3O4. The Morgan fingerprint density at radius 3 is 2.12 bits per heavy atom. The van der Waals surface area contributed by atoms with E-state index in [0.717, 1.165) is 5.56 Å². The molecule has 0 bridgehead atoms. The summed E-state index contributed by atoms with van der Waals surface area (Å²) in [6.07, 6.45) is 0. The average Bonchev–Trinajstić information content (AvgIpc) is 2.93. The van der Waals surface area contributed by atoms with Gasteiger partial charge in [-0.3, -0.25) is 4.79 Å². The van der Waals surface area contributed by atoms with Crippen LogP contribution in [0, 0.1) is 6.92 Å². The first-order chi connectivity index (χ1) is 11.5. The van der Waals surface area contributed by atoms with Gasteiger partial charge >= 0.3 is 5.69 Å². The van der Waals surface area contributed by atoms with Crippen molar-refractivity contribution in [1.82, 2.24) is 9.97 Å². The fourth-order valence-electron chi connectivity index (χ4n) is 2.46. The number of benzene rings is 2. The first-order valence-electron chi connectivity index (χ1n) is 7.27. The van der Waals surface area contributed by atoms with E-state index in [-0.39, 0.29) is 11.6 Å². The second-order valence-corrected chi connectivity index (χ2v) is 5.35. The fraction of sp³-hybridized carbons (Fsp3) is 0.176. The molecule has 0 saturated heterocycles. The summed E-state index contributed by atoms with van der Waals surface area (Å²) in [5, 5.41) is 2.84. The monoisotopic (exact) mass is 327 g/mol. The van der Waals surface area contributed by atoms with E-state index in [2.05, 4.69) is 15.3 Å². The summed E-state index contributed by atoms with van der Waals surface area (Å²) in [7, 11) is 3.05. The van der Waals surface area contributed by atoms with Crippen molar-refractivity contribution in [3.63, 3.8) is 0 Å². The molecule has 0 spiro atoms. The molecule has 3 aromatic rings. The predicted molar refractivity (Wildman–Crippen MR) is 91.2 cm³/mol. The molecule has 0 atom stereocenters. The maximum Gasteiger partial charge on any atom is 0.323 e. The number of hydrogen-bond donors (Lipinski definition) is 3. The van der Waals surface area contributed by atoms with Crippen LogP contribution in [0.25, 0.3) is 11.0 Å². The summed E-state index contributed by atoms with van der Waals surface area (Å²) in [5.74, 6) is 0.760. The van der Waals surface area contributed by atoms with Gasteiger partial charge in [0.1, 0.15) is 11.5 Å². The number of aromatic amines is 2. The third kappa shape index (κ3) is 2.96. The van der Waals surface area contributed by atoms with E-state index in [0.29, 0.717) is 33.8 Å². The molecule has 24 heavy (non-hydrogen) atoms. The number of aromatic nitrogens is 2. The van der Waals surface area contributed by atoms with E-state index in [1.54, 1.807) is 30.3 Å². The van der Waals surface area contributed by atoms with Gasteiger partial charge < -0.3 is 24.8 Å². The predicted octanol–water partition coefficient (Wildman–Crippen LogP) is 2.43. The number of fused-ring (bicyclic) bond motifs is 1. The molecule has 0 aliphatic heterocycles. The number of rotatable bonds is 4. The Bertz CT molecular complexity index is 949. The zero-order valence-corrected chi connectivity index (χ0v) is 13.5. The van der Waals surface area contributed by atoms with Gasteiger partial charge in [-0.15, -0.1) is 0 Å². The van der Waals surface area contributed by atoms with Crippen molar-refractivity contribution in [2.24, 2.45) is 0 Å². The fourth-order valence-corrected chi connectivity index (χ4v) is 2.46. The van der Waals surface area contributed by atoms with Crippen LogP contribution in [0.3, 0.4) is 0 Å². The third-order valence-corrected chi connectivity index (χ3v) is 3.72. The highest BCUT2D eigenvalue weighted by atomic mass is 16.5. The highest BCUT2D eigenvalue weighted by Crippen LogP contribution is 2.25. The topological polar surface area (TPSA) is 96.2 Å². The Balaban J connectivity index is 1.94. The van der Waals surface area contributed by atoms with Crippen molar-refractivity contribution in [3.05, 3.63) is 51.9 Å². The minimum absolute atomic E-state index is 0.287. The molecule has 1 heterocycles. The van der Waals surface area contributed by atoms with Crippen molar-refractivity contribution in [1.29, 1.82) is 0 Å². The summed E-state index contributed by atoms with van der Waals surface area (Å²) in [4.78, 5) is 29.3. The van der Waals surface area contributed by atoms with Gasteiger partial charge in [-0.1, -0.05) is 0 Å². The van der Waals surface area contributed by atoms with E-state index < -0.39 is 0 Å². The summed E-state index contributed by atoms with van der Waals surface area (Å²) < 4.78 is 10.4. The number of ether oxygens (including phenoxy) is 2. The number of H-pyrrole nitrogens is 2. The largest absolute Gasteiger partial charge is 0.497 e. The van der Waals surface area contributed by atoms with E-state index >= 15 is 0 Å². The van der Waals surface area contributed by atoms with Crippen LogP contribution in [0.15, 0.2) is 35.1 Å². The Morgan fingerprint density at radius 2 is 1.54 bits per heavy atom. The van der Waals surface area contributed by atoms with Crippen LogP contribution in [0.5, 0.6) is 11.5 Å². The van der Waals surface area contributed by atoms with Crippen LogP contribution >= 0.6 is 0 Å². The second-order valence-electron chi connectivity index (χ2n) is 5.35. The lowest BCUT2D eigenvalue weighted by atomic mass is 10.1. The average molecular weight is 327 g/mol. The van der Waals surface area contributed by atoms with Crippen molar-refractivity contribution >= 4 is 22.6 Å². The molecule has 2 aromatic carbocycles. The van der Waals surface area contributed by atoms with Crippen molar-refractivity contribution in [2.45, 2.75) is 6.92 Å². The molecule has 0 aliphatic carbocycles. The Labute approximate surface area is 137 Å². The highest BCUT2D eigenvalue weighted by Gasteiger charge is 2.12. The smallest absolute Gasteiger partial charge is 0.323 e. The summed E-state index contributed by atoms with van der Waals surface area (Å²) in [5.41, 5.74) is 2.90. The van der Waals surface area contributed by atoms with E-state index in [1.165, 1.54) is 14.2 Å². The van der Waals surface area contributed by atoms with E-state index in [4.69, 9.17) is 9.47 Å². The van der Waals surface area contributed by atoms with Gasteiger partial charge in [0, 0.05) is 17.3 Å². The molecule has 0 aliphatic rings. The second kappa shape index (κ2) is 6.11. The minimum Gasteiger partial charge on any atom is -0.497 e. The maximum absolute atomic E-state index is 12.5.